The minimum atomic E-state index is -0.600. The number of aliphatic hydroxyl groups is 1. The van der Waals surface area contributed by atoms with Crippen molar-refractivity contribution < 1.29 is 24.3 Å². The van der Waals surface area contributed by atoms with Crippen LogP contribution in [0.25, 0.3) is 33.5 Å². The zero-order chi connectivity index (χ0) is 40.5. The Kier molecular flexibility index (Phi) is 10.9. The number of aromatic amines is 1. The number of benzene rings is 3. The highest BCUT2D eigenvalue weighted by molar-refractivity contribution is 6.05. The van der Waals surface area contributed by atoms with E-state index in [2.05, 4.69) is 39.2 Å². The van der Waals surface area contributed by atoms with Crippen LogP contribution in [0.1, 0.15) is 46.8 Å². The Labute approximate surface area is 337 Å². The highest BCUT2D eigenvalue weighted by Gasteiger charge is 2.27. The molecule has 0 radical (unpaired) electrons. The average Bonchev–Trinajstić information content (AvgIpc) is 3.66. The SMILES string of the molecule is Cc1cc(-c2cnc3[nH]cc(-c4ccc(C(=O)N(C)CC(C)O)cc4)c3n2)cc2c1CN(CCC(=O)N1CCN(c3ccc(N4CCC(=O)NC4=O)cc3)CC1)CC2. The molecule has 3 aliphatic rings. The fourth-order valence-electron chi connectivity index (χ4n) is 8.28. The summed E-state index contributed by atoms with van der Waals surface area (Å²) in [7, 11) is 1.68. The number of hydrogen-bond acceptors (Lipinski definition) is 9. The van der Waals surface area contributed by atoms with Gasteiger partial charge in [-0.05, 0) is 91.1 Å². The molecule has 0 saturated carbocycles. The normalized spacial score (nSPS) is 16.7. The van der Waals surface area contributed by atoms with Gasteiger partial charge in [-0.25, -0.2) is 14.8 Å². The topological polar surface area (TPSA) is 158 Å². The van der Waals surface area contributed by atoms with E-state index >= 15 is 0 Å². The first kappa shape index (κ1) is 38.7. The molecule has 0 bridgehead atoms. The van der Waals surface area contributed by atoms with Gasteiger partial charge in [0, 0.05) is 113 Å². The third-order valence-corrected chi connectivity index (χ3v) is 11.5. The van der Waals surface area contributed by atoms with E-state index in [1.165, 1.54) is 21.6 Å². The molecule has 2 fully saturated rings. The van der Waals surface area contributed by atoms with E-state index in [1.807, 2.05) is 53.7 Å². The molecule has 0 aliphatic carbocycles. The lowest BCUT2D eigenvalue weighted by atomic mass is 9.92. The number of hydrogen-bond donors (Lipinski definition) is 3. The van der Waals surface area contributed by atoms with Gasteiger partial charge in [-0.3, -0.25) is 29.5 Å². The molecule has 1 atom stereocenters. The van der Waals surface area contributed by atoms with Crippen molar-refractivity contribution in [2.24, 2.45) is 0 Å². The number of carbonyl (C=O) groups excluding carboxylic acids is 4. The minimum Gasteiger partial charge on any atom is -0.392 e. The predicted octanol–water partition coefficient (Wildman–Crippen LogP) is 4.60. The molecular formula is C44H49N9O5. The van der Waals surface area contributed by atoms with E-state index < -0.39 is 12.1 Å². The van der Waals surface area contributed by atoms with Crippen LogP contribution in [-0.2, 0) is 22.6 Å². The number of carbonyl (C=O) groups is 4. The van der Waals surface area contributed by atoms with Crippen LogP contribution >= 0.6 is 0 Å². The molecule has 2 saturated heterocycles. The number of nitrogens with one attached hydrogen (secondary N) is 2. The zero-order valence-corrected chi connectivity index (χ0v) is 33.2. The van der Waals surface area contributed by atoms with Crippen LogP contribution in [0.2, 0.25) is 0 Å². The molecule has 8 rings (SSSR count). The van der Waals surface area contributed by atoms with Gasteiger partial charge in [0.2, 0.25) is 11.8 Å². The third-order valence-electron chi connectivity index (χ3n) is 11.5. The maximum Gasteiger partial charge on any atom is 0.328 e. The predicted molar refractivity (Wildman–Crippen MR) is 222 cm³/mol. The van der Waals surface area contributed by atoms with Crippen LogP contribution in [-0.4, -0.2) is 124 Å². The van der Waals surface area contributed by atoms with Crippen molar-refractivity contribution >= 4 is 46.3 Å². The highest BCUT2D eigenvalue weighted by Crippen LogP contribution is 2.32. The fourth-order valence-corrected chi connectivity index (χ4v) is 8.28. The van der Waals surface area contributed by atoms with Crippen LogP contribution in [0.3, 0.4) is 0 Å². The Balaban J connectivity index is 0.856. The second-order valence-electron chi connectivity index (χ2n) is 15.6. The monoisotopic (exact) mass is 783 g/mol. The number of amides is 5. The van der Waals surface area contributed by atoms with Crippen molar-refractivity contribution in [3.63, 3.8) is 0 Å². The summed E-state index contributed by atoms with van der Waals surface area (Å²) in [5.74, 6) is -0.212. The smallest absolute Gasteiger partial charge is 0.328 e. The molecule has 3 aromatic carbocycles. The Morgan fingerprint density at radius 2 is 1.66 bits per heavy atom. The van der Waals surface area contributed by atoms with Crippen molar-refractivity contribution in [1.29, 1.82) is 0 Å². The molecule has 14 nitrogen and oxygen atoms in total. The summed E-state index contributed by atoms with van der Waals surface area (Å²) in [5, 5.41) is 12.0. The van der Waals surface area contributed by atoms with Crippen molar-refractivity contribution in [2.45, 2.75) is 45.8 Å². The highest BCUT2D eigenvalue weighted by atomic mass is 16.3. The van der Waals surface area contributed by atoms with Gasteiger partial charge in [0.05, 0.1) is 18.0 Å². The molecule has 3 N–H and O–H groups in total. The van der Waals surface area contributed by atoms with Gasteiger partial charge in [0.25, 0.3) is 5.91 Å². The molecule has 0 spiro atoms. The lowest BCUT2D eigenvalue weighted by Gasteiger charge is -2.37. The number of piperazine rings is 1. The molecule has 3 aliphatic heterocycles. The Morgan fingerprint density at radius 1 is 0.914 bits per heavy atom. The summed E-state index contributed by atoms with van der Waals surface area (Å²) in [6.07, 6.45) is 4.76. The maximum atomic E-state index is 13.3. The summed E-state index contributed by atoms with van der Waals surface area (Å²) in [6, 6.07) is 19.3. The summed E-state index contributed by atoms with van der Waals surface area (Å²) < 4.78 is 0. The zero-order valence-electron chi connectivity index (χ0n) is 33.2. The first-order valence-electron chi connectivity index (χ1n) is 20.0. The Morgan fingerprint density at radius 3 is 2.38 bits per heavy atom. The first-order valence-corrected chi connectivity index (χ1v) is 20.0. The van der Waals surface area contributed by atoms with E-state index in [1.54, 1.807) is 31.0 Å². The van der Waals surface area contributed by atoms with Crippen LogP contribution in [0.4, 0.5) is 16.2 Å². The molecule has 1 unspecified atom stereocenters. The number of aryl methyl sites for hydroxylation is 1. The molecule has 14 heteroatoms. The minimum absolute atomic E-state index is 0.146. The van der Waals surface area contributed by atoms with Gasteiger partial charge >= 0.3 is 6.03 Å². The fraction of sp³-hybridized carbons (Fsp3) is 0.364. The Hall–Kier alpha value is -6.12. The number of likely N-dealkylation sites (N-methyl/N-ethyl adjacent to an activating group) is 1. The van der Waals surface area contributed by atoms with Crippen LogP contribution in [0.5, 0.6) is 0 Å². The molecule has 5 heterocycles. The molecule has 5 aromatic rings. The van der Waals surface area contributed by atoms with Crippen LogP contribution in [0.15, 0.2) is 73.1 Å². The summed E-state index contributed by atoms with van der Waals surface area (Å²) in [4.78, 5) is 72.6. The van der Waals surface area contributed by atoms with Gasteiger partial charge < -0.3 is 24.8 Å². The molecule has 2 aromatic heterocycles. The maximum absolute atomic E-state index is 13.3. The number of fused-ring (bicyclic) bond motifs is 2. The second-order valence-corrected chi connectivity index (χ2v) is 15.6. The largest absolute Gasteiger partial charge is 0.392 e. The number of aliphatic hydroxyl groups excluding tert-OH is 1. The number of aromatic nitrogens is 3. The van der Waals surface area contributed by atoms with Crippen LogP contribution in [0, 0.1) is 6.92 Å². The number of urea groups is 1. The van der Waals surface area contributed by atoms with Crippen molar-refractivity contribution in [2.75, 3.05) is 69.2 Å². The van der Waals surface area contributed by atoms with E-state index in [0.717, 1.165) is 71.9 Å². The van der Waals surface area contributed by atoms with Gasteiger partial charge in [-0.15, -0.1) is 0 Å². The standard InChI is InChI=1S/C44H49N9O5/c1-28-22-33(38-25-46-42-41(47-38)36(24-45-42)30-4-6-31(7-5-30)43(57)49(3)26-29(2)54)23-32-12-15-50(27-37(28)32)16-14-40(56)52-20-18-51(19-21-52)34-8-10-35(11-9-34)53-17-13-39(55)48-44(53)58/h4-11,22-25,29,54H,12-21,26-27H2,1-3H3,(H,45,46)(H,48,55,58). The Bertz CT molecular complexity index is 2350. The van der Waals surface area contributed by atoms with Gasteiger partial charge in [0.15, 0.2) is 5.65 Å². The number of nitrogens with zero attached hydrogens (tertiary/aromatic N) is 7. The molecule has 5 amide bonds. The van der Waals surface area contributed by atoms with Crippen LogP contribution < -0.4 is 15.1 Å². The number of rotatable bonds is 10. The molecular weight excluding hydrogens is 735 g/mol. The lowest BCUT2D eigenvalue weighted by molar-refractivity contribution is -0.132. The number of H-pyrrole nitrogens is 1. The number of anilines is 2. The van der Waals surface area contributed by atoms with Crippen molar-refractivity contribution in [1.82, 2.24) is 35.0 Å². The van der Waals surface area contributed by atoms with E-state index in [9.17, 15) is 24.3 Å². The second kappa shape index (κ2) is 16.4. The third kappa shape index (κ3) is 8.16. The summed E-state index contributed by atoms with van der Waals surface area (Å²) >= 11 is 0. The molecule has 300 valence electrons. The van der Waals surface area contributed by atoms with E-state index in [-0.39, 0.29) is 30.7 Å². The van der Waals surface area contributed by atoms with Gasteiger partial charge in [-0.2, -0.15) is 0 Å². The van der Waals surface area contributed by atoms with Crippen molar-refractivity contribution in [3.05, 3.63) is 95.3 Å². The quantitative estimate of drug-likeness (QED) is 0.184. The van der Waals surface area contributed by atoms with Gasteiger partial charge in [0.1, 0.15) is 5.52 Å². The van der Waals surface area contributed by atoms with Crippen molar-refractivity contribution in [3.8, 4) is 22.4 Å². The molecule has 58 heavy (non-hydrogen) atoms. The summed E-state index contributed by atoms with van der Waals surface area (Å²) in [6.45, 7) is 9.64. The van der Waals surface area contributed by atoms with E-state index in [4.69, 9.17) is 9.97 Å². The average molecular weight is 784 g/mol. The summed E-state index contributed by atoms with van der Waals surface area (Å²) in [5.41, 5.74) is 11.2. The van der Waals surface area contributed by atoms with E-state index in [0.29, 0.717) is 43.8 Å². The first-order chi connectivity index (χ1) is 28.0. The number of imide groups is 1. The van der Waals surface area contributed by atoms with Gasteiger partial charge in [-0.1, -0.05) is 12.1 Å². The lowest BCUT2D eigenvalue weighted by Crippen LogP contribution is -2.50.